The molecule has 1 N–H and O–H groups in total. The average molecular weight is 227 g/mol. The first-order valence-electron chi connectivity index (χ1n) is 4.66. The Kier molecular flexibility index (Phi) is 4.46. The second kappa shape index (κ2) is 5.86. The molecular formula is C9H13N3O4. The van der Waals surface area contributed by atoms with Crippen LogP contribution < -0.4 is 14.8 Å². The Labute approximate surface area is 92.5 Å². The van der Waals surface area contributed by atoms with E-state index in [1.54, 1.807) is 7.05 Å². The van der Waals surface area contributed by atoms with Crippen molar-refractivity contribution in [1.29, 1.82) is 0 Å². The number of likely N-dealkylation sites (N-methyl/N-ethyl adjacent to an activating group) is 1. The number of nitrogens with one attached hydrogen (secondary N) is 1. The highest BCUT2D eigenvalue weighted by Gasteiger charge is 2.17. The Morgan fingerprint density at radius 1 is 1.56 bits per heavy atom. The Morgan fingerprint density at radius 3 is 2.88 bits per heavy atom. The second-order valence-corrected chi connectivity index (χ2v) is 2.89. The third-order valence-corrected chi connectivity index (χ3v) is 1.81. The van der Waals surface area contributed by atoms with Crippen LogP contribution in [-0.2, 0) is 0 Å². The monoisotopic (exact) mass is 227 g/mol. The molecule has 7 heteroatoms. The van der Waals surface area contributed by atoms with Gasteiger partial charge in [0.05, 0.1) is 12.0 Å². The van der Waals surface area contributed by atoms with Gasteiger partial charge in [-0.25, -0.2) is 0 Å². The normalized spacial score (nSPS) is 9.88. The lowest BCUT2D eigenvalue weighted by molar-refractivity contribution is -0.386. The van der Waals surface area contributed by atoms with Crippen LogP contribution >= 0.6 is 0 Å². The quantitative estimate of drug-likeness (QED) is 0.435. The number of nitro groups is 1. The fraction of sp³-hybridized carbons (Fsp3) is 0.444. The van der Waals surface area contributed by atoms with E-state index in [-0.39, 0.29) is 17.4 Å². The maximum Gasteiger partial charge on any atom is 0.331 e. The number of rotatable bonds is 6. The minimum Gasteiger partial charge on any atom is -0.481 e. The van der Waals surface area contributed by atoms with Crippen LogP contribution in [0.15, 0.2) is 12.1 Å². The van der Waals surface area contributed by atoms with E-state index < -0.39 is 4.92 Å². The van der Waals surface area contributed by atoms with Gasteiger partial charge in [0.25, 0.3) is 5.88 Å². The van der Waals surface area contributed by atoms with Gasteiger partial charge in [-0.1, -0.05) is 0 Å². The molecule has 16 heavy (non-hydrogen) atoms. The predicted molar refractivity (Wildman–Crippen MR) is 56.9 cm³/mol. The molecule has 0 spiro atoms. The molecule has 1 rings (SSSR count). The number of ether oxygens (including phenoxy) is 2. The van der Waals surface area contributed by atoms with Gasteiger partial charge >= 0.3 is 5.69 Å². The lowest BCUT2D eigenvalue weighted by Gasteiger charge is -2.06. The largest absolute Gasteiger partial charge is 0.481 e. The summed E-state index contributed by atoms with van der Waals surface area (Å²) in [6.45, 7) is 0.882. The topological polar surface area (TPSA) is 86.5 Å². The molecule has 0 bridgehead atoms. The maximum atomic E-state index is 10.7. The van der Waals surface area contributed by atoms with Crippen molar-refractivity contribution in [2.24, 2.45) is 0 Å². The van der Waals surface area contributed by atoms with Crippen LogP contribution in [0.1, 0.15) is 0 Å². The lowest BCUT2D eigenvalue weighted by atomic mass is 10.4. The molecule has 0 amide bonds. The van der Waals surface area contributed by atoms with E-state index in [1.165, 1.54) is 19.2 Å². The Hall–Kier alpha value is -1.89. The summed E-state index contributed by atoms with van der Waals surface area (Å²) in [4.78, 5) is 14.0. The van der Waals surface area contributed by atoms with Gasteiger partial charge < -0.3 is 14.8 Å². The third-order valence-electron chi connectivity index (χ3n) is 1.81. The molecule has 0 saturated carbocycles. The van der Waals surface area contributed by atoms with Crippen LogP contribution in [0, 0.1) is 10.1 Å². The number of hydrogen-bond acceptors (Lipinski definition) is 6. The number of nitrogens with zero attached hydrogens (tertiary/aromatic N) is 2. The zero-order valence-corrected chi connectivity index (χ0v) is 9.10. The fourth-order valence-corrected chi connectivity index (χ4v) is 1.02. The van der Waals surface area contributed by atoms with Gasteiger partial charge in [0.2, 0.25) is 5.88 Å². The fourth-order valence-electron chi connectivity index (χ4n) is 1.02. The minimum atomic E-state index is -0.541. The molecule has 7 nitrogen and oxygen atoms in total. The summed E-state index contributed by atoms with van der Waals surface area (Å²) in [6.07, 6.45) is 0. The molecule has 0 saturated heterocycles. The van der Waals surface area contributed by atoms with E-state index in [4.69, 9.17) is 9.47 Å². The van der Waals surface area contributed by atoms with Crippen molar-refractivity contribution in [3.8, 4) is 11.8 Å². The highest BCUT2D eigenvalue weighted by atomic mass is 16.6. The summed E-state index contributed by atoms with van der Waals surface area (Å²) in [5, 5.41) is 13.5. The Balaban J connectivity index is 2.87. The van der Waals surface area contributed by atoms with E-state index in [2.05, 4.69) is 10.3 Å². The van der Waals surface area contributed by atoms with Crippen molar-refractivity contribution in [1.82, 2.24) is 10.3 Å². The van der Waals surface area contributed by atoms with Gasteiger partial charge in [0.15, 0.2) is 0 Å². The Morgan fingerprint density at radius 2 is 2.31 bits per heavy atom. The SMILES string of the molecule is CNCCOc1nc(OC)ccc1[N+](=O)[O-]. The number of hydrogen-bond donors (Lipinski definition) is 1. The van der Waals surface area contributed by atoms with E-state index in [0.29, 0.717) is 13.2 Å². The summed E-state index contributed by atoms with van der Waals surface area (Å²) < 4.78 is 10.1. The molecular weight excluding hydrogens is 214 g/mol. The number of methoxy groups -OCH3 is 1. The van der Waals surface area contributed by atoms with Crippen LogP contribution in [-0.4, -0.2) is 37.2 Å². The second-order valence-electron chi connectivity index (χ2n) is 2.89. The molecule has 0 aliphatic rings. The van der Waals surface area contributed by atoms with Gasteiger partial charge in [-0.3, -0.25) is 10.1 Å². The van der Waals surface area contributed by atoms with Crippen molar-refractivity contribution in [2.45, 2.75) is 0 Å². The van der Waals surface area contributed by atoms with Gasteiger partial charge in [0.1, 0.15) is 6.61 Å². The van der Waals surface area contributed by atoms with Gasteiger partial charge in [0, 0.05) is 18.7 Å². The molecule has 88 valence electrons. The van der Waals surface area contributed by atoms with E-state index in [0.717, 1.165) is 0 Å². The van der Waals surface area contributed by atoms with Crippen molar-refractivity contribution in [3.05, 3.63) is 22.2 Å². The van der Waals surface area contributed by atoms with Crippen LogP contribution in [0.4, 0.5) is 5.69 Å². The summed E-state index contributed by atoms with van der Waals surface area (Å²) >= 11 is 0. The van der Waals surface area contributed by atoms with E-state index >= 15 is 0 Å². The van der Waals surface area contributed by atoms with Gasteiger partial charge in [-0.2, -0.15) is 4.98 Å². The molecule has 0 fully saturated rings. The van der Waals surface area contributed by atoms with Crippen LogP contribution in [0.5, 0.6) is 11.8 Å². The molecule has 0 aliphatic carbocycles. The highest BCUT2D eigenvalue weighted by Crippen LogP contribution is 2.26. The van der Waals surface area contributed by atoms with Gasteiger partial charge in [-0.15, -0.1) is 0 Å². The van der Waals surface area contributed by atoms with Crippen molar-refractivity contribution in [3.63, 3.8) is 0 Å². The summed E-state index contributed by atoms with van der Waals surface area (Å²) in [5.41, 5.74) is -0.170. The summed E-state index contributed by atoms with van der Waals surface area (Å²) in [6, 6.07) is 2.73. The van der Waals surface area contributed by atoms with Crippen LogP contribution in [0.25, 0.3) is 0 Å². The lowest BCUT2D eigenvalue weighted by Crippen LogP contribution is -2.16. The van der Waals surface area contributed by atoms with Gasteiger partial charge in [-0.05, 0) is 7.05 Å². The smallest absolute Gasteiger partial charge is 0.331 e. The first-order valence-corrected chi connectivity index (χ1v) is 4.66. The summed E-state index contributed by atoms with van der Waals surface area (Å²) in [7, 11) is 3.20. The molecule has 0 unspecified atom stereocenters. The molecule has 0 aliphatic heterocycles. The van der Waals surface area contributed by atoms with Crippen LogP contribution in [0.2, 0.25) is 0 Å². The predicted octanol–water partition coefficient (Wildman–Crippen LogP) is 0.597. The number of aromatic nitrogens is 1. The van der Waals surface area contributed by atoms with Crippen LogP contribution in [0.3, 0.4) is 0 Å². The minimum absolute atomic E-state index is 0.0281. The Bertz CT molecular complexity index is 370. The molecule has 0 atom stereocenters. The summed E-state index contributed by atoms with van der Waals surface area (Å²) in [5.74, 6) is 0.254. The van der Waals surface area contributed by atoms with Crippen molar-refractivity contribution < 1.29 is 14.4 Å². The molecule has 1 heterocycles. The van der Waals surface area contributed by atoms with Crippen molar-refractivity contribution in [2.75, 3.05) is 27.3 Å². The molecule has 0 aromatic carbocycles. The molecule has 0 radical (unpaired) electrons. The molecule has 1 aromatic rings. The van der Waals surface area contributed by atoms with E-state index in [9.17, 15) is 10.1 Å². The van der Waals surface area contributed by atoms with Crippen molar-refractivity contribution >= 4 is 5.69 Å². The first-order chi connectivity index (χ1) is 7.69. The average Bonchev–Trinajstić information content (AvgIpc) is 2.29. The third kappa shape index (κ3) is 3.06. The van der Waals surface area contributed by atoms with E-state index in [1.807, 2.05) is 0 Å². The zero-order valence-electron chi connectivity index (χ0n) is 9.10. The zero-order chi connectivity index (χ0) is 12.0. The standard InChI is InChI=1S/C9H13N3O4/c1-10-5-6-16-9-7(12(13)14)3-4-8(11-9)15-2/h3-4,10H,5-6H2,1-2H3. The maximum absolute atomic E-state index is 10.7. The molecule has 1 aromatic heterocycles. The highest BCUT2D eigenvalue weighted by molar-refractivity contribution is 5.42. The number of pyridine rings is 1. The first kappa shape index (κ1) is 12.2.